The molecule has 0 saturated heterocycles. The summed E-state index contributed by atoms with van der Waals surface area (Å²) in [5.41, 5.74) is 1.44. The van der Waals surface area contributed by atoms with E-state index >= 15 is 0 Å². The molecule has 0 spiro atoms. The average molecular weight is 282 g/mol. The van der Waals surface area contributed by atoms with Crippen molar-refractivity contribution in [1.82, 2.24) is 0 Å². The van der Waals surface area contributed by atoms with Gasteiger partial charge in [-0.1, -0.05) is 70.4 Å². The van der Waals surface area contributed by atoms with Crippen LogP contribution in [0.4, 0.5) is 0 Å². The summed E-state index contributed by atoms with van der Waals surface area (Å²) in [5, 5.41) is 8.52. The van der Waals surface area contributed by atoms with Crippen LogP contribution in [-0.4, -0.2) is 11.1 Å². The van der Waals surface area contributed by atoms with Crippen LogP contribution in [0.5, 0.6) is 0 Å². The number of carboxylic acids is 1. The molecule has 0 radical (unpaired) electrons. The van der Waals surface area contributed by atoms with E-state index in [2.05, 4.69) is 13.5 Å². The third-order valence-electron chi connectivity index (χ3n) is 3.80. The number of carboxylic acid groups (broad SMARTS) is 1. The fourth-order valence-electron chi connectivity index (χ4n) is 2.44. The molecule has 0 rings (SSSR count). The van der Waals surface area contributed by atoms with Crippen LogP contribution in [-0.2, 0) is 4.79 Å². The van der Waals surface area contributed by atoms with Gasteiger partial charge in [-0.3, -0.25) is 4.79 Å². The lowest BCUT2D eigenvalue weighted by atomic mass is 10.0. The van der Waals surface area contributed by atoms with Crippen molar-refractivity contribution in [2.45, 2.75) is 96.8 Å². The number of unbranched alkanes of at least 4 members (excludes halogenated alkanes) is 9. The monoisotopic (exact) mass is 282 g/mol. The fraction of sp³-hybridized carbons (Fsp3) is 0.833. The minimum absolute atomic E-state index is 0.335. The standard InChI is InChI=1S/C18H34O2/c1-3-4-14-17(2)15-12-10-8-6-5-7-9-11-13-16-18(19)20/h2-16H2,1H3,(H,19,20). The molecule has 0 unspecified atom stereocenters. The zero-order valence-electron chi connectivity index (χ0n) is 13.5. The SMILES string of the molecule is C=C(CCCC)CCCCCCCCCCCC(=O)O. The Kier molecular flexibility index (Phi) is 14.0. The molecule has 0 aromatic carbocycles. The first-order valence-electron chi connectivity index (χ1n) is 8.55. The van der Waals surface area contributed by atoms with Crippen LogP contribution in [0, 0.1) is 0 Å². The number of rotatable bonds is 15. The second-order valence-electron chi connectivity index (χ2n) is 5.93. The van der Waals surface area contributed by atoms with E-state index in [0.717, 1.165) is 12.8 Å². The molecule has 0 aromatic rings. The fourth-order valence-corrected chi connectivity index (χ4v) is 2.44. The van der Waals surface area contributed by atoms with Crippen LogP contribution < -0.4 is 0 Å². The highest BCUT2D eigenvalue weighted by Gasteiger charge is 1.97. The summed E-state index contributed by atoms with van der Waals surface area (Å²) in [6.07, 6.45) is 16.3. The molecule has 1 N–H and O–H groups in total. The van der Waals surface area contributed by atoms with Crippen molar-refractivity contribution in [2.75, 3.05) is 0 Å². The van der Waals surface area contributed by atoms with Gasteiger partial charge in [0.2, 0.25) is 0 Å². The van der Waals surface area contributed by atoms with Crippen molar-refractivity contribution in [3.8, 4) is 0 Å². The summed E-state index contributed by atoms with van der Waals surface area (Å²) in [5.74, 6) is -0.662. The Labute approximate surface area is 125 Å². The third-order valence-corrected chi connectivity index (χ3v) is 3.80. The molecule has 0 aromatic heterocycles. The number of allylic oxidation sites excluding steroid dienone is 1. The van der Waals surface area contributed by atoms with Crippen LogP contribution >= 0.6 is 0 Å². The van der Waals surface area contributed by atoms with Gasteiger partial charge in [0.05, 0.1) is 0 Å². The maximum atomic E-state index is 10.3. The smallest absolute Gasteiger partial charge is 0.303 e. The van der Waals surface area contributed by atoms with Gasteiger partial charge in [0.15, 0.2) is 0 Å². The van der Waals surface area contributed by atoms with Crippen LogP contribution in [0.1, 0.15) is 96.8 Å². The Bertz CT molecular complexity index is 246. The topological polar surface area (TPSA) is 37.3 Å². The van der Waals surface area contributed by atoms with E-state index in [1.165, 1.54) is 76.2 Å². The van der Waals surface area contributed by atoms with E-state index in [0.29, 0.717) is 6.42 Å². The van der Waals surface area contributed by atoms with Gasteiger partial charge in [0.25, 0.3) is 0 Å². The second-order valence-corrected chi connectivity index (χ2v) is 5.93. The summed E-state index contributed by atoms with van der Waals surface area (Å²) in [6, 6.07) is 0. The van der Waals surface area contributed by atoms with Crippen molar-refractivity contribution < 1.29 is 9.90 Å². The van der Waals surface area contributed by atoms with Crippen molar-refractivity contribution in [1.29, 1.82) is 0 Å². The molecule has 2 heteroatoms. The van der Waals surface area contributed by atoms with Gasteiger partial charge in [-0.15, -0.1) is 0 Å². The Hall–Kier alpha value is -0.790. The molecular formula is C18H34O2. The highest BCUT2D eigenvalue weighted by molar-refractivity contribution is 5.66. The molecule has 0 aliphatic carbocycles. The van der Waals surface area contributed by atoms with Gasteiger partial charge in [-0.05, 0) is 32.1 Å². The third kappa shape index (κ3) is 15.3. The first kappa shape index (κ1) is 19.2. The normalized spacial score (nSPS) is 10.7. The number of hydrogen-bond donors (Lipinski definition) is 1. The summed E-state index contributed by atoms with van der Waals surface area (Å²) in [6.45, 7) is 6.37. The van der Waals surface area contributed by atoms with Gasteiger partial charge in [-0.2, -0.15) is 0 Å². The number of hydrogen-bond acceptors (Lipinski definition) is 1. The summed E-state index contributed by atoms with van der Waals surface area (Å²) < 4.78 is 0. The maximum Gasteiger partial charge on any atom is 0.303 e. The molecule has 0 atom stereocenters. The van der Waals surface area contributed by atoms with Gasteiger partial charge in [0, 0.05) is 6.42 Å². The van der Waals surface area contributed by atoms with E-state index in [1.54, 1.807) is 0 Å². The maximum absolute atomic E-state index is 10.3. The van der Waals surface area contributed by atoms with Crippen molar-refractivity contribution in [3.05, 3.63) is 12.2 Å². The molecule has 0 fully saturated rings. The van der Waals surface area contributed by atoms with Crippen LogP contribution in [0.3, 0.4) is 0 Å². The first-order valence-corrected chi connectivity index (χ1v) is 8.55. The van der Waals surface area contributed by atoms with Crippen LogP contribution in [0.25, 0.3) is 0 Å². The van der Waals surface area contributed by atoms with Crippen molar-refractivity contribution >= 4 is 5.97 Å². The largest absolute Gasteiger partial charge is 0.481 e. The summed E-state index contributed by atoms with van der Waals surface area (Å²) in [7, 11) is 0. The zero-order valence-corrected chi connectivity index (χ0v) is 13.5. The molecule has 0 saturated carbocycles. The van der Waals surface area contributed by atoms with Crippen LogP contribution in [0.15, 0.2) is 12.2 Å². The Morgan fingerprint density at radius 3 is 1.60 bits per heavy atom. The summed E-state index contributed by atoms with van der Waals surface area (Å²) in [4.78, 5) is 10.3. The van der Waals surface area contributed by atoms with Gasteiger partial charge >= 0.3 is 5.97 Å². The molecule has 0 bridgehead atoms. The lowest BCUT2D eigenvalue weighted by molar-refractivity contribution is -0.137. The van der Waals surface area contributed by atoms with Gasteiger partial charge in [0.1, 0.15) is 0 Å². The Balaban J connectivity index is 3.09. The van der Waals surface area contributed by atoms with E-state index in [-0.39, 0.29) is 0 Å². The zero-order chi connectivity index (χ0) is 15.1. The molecule has 118 valence electrons. The molecule has 0 heterocycles. The number of aliphatic carboxylic acids is 1. The molecule has 20 heavy (non-hydrogen) atoms. The lowest BCUT2D eigenvalue weighted by Gasteiger charge is -2.05. The van der Waals surface area contributed by atoms with Gasteiger partial charge in [-0.25, -0.2) is 0 Å². The van der Waals surface area contributed by atoms with E-state index in [4.69, 9.17) is 5.11 Å². The first-order chi connectivity index (χ1) is 9.66. The van der Waals surface area contributed by atoms with Crippen molar-refractivity contribution in [2.24, 2.45) is 0 Å². The molecular weight excluding hydrogens is 248 g/mol. The predicted molar refractivity (Wildman–Crippen MR) is 87.1 cm³/mol. The number of carbonyl (C=O) groups is 1. The van der Waals surface area contributed by atoms with Crippen LogP contribution in [0.2, 0.25) is 0 Å². The van der Waals surface area contributed by atoms with E-state index in [9.17, 15) is 4.79 Å². The van der Waals surface area contributed by atoms with Crippen molar-refractivity contribution in [3.63, 3.8) is 0 Å². The molecule has 0 amide bonds. The quantitative estimate of drug-likeness (QED) is 0.291. The molecule has 2 nitrogen and oxygen atoms in total. The average Bonchev–Trinajstić information content (AvgIpc) is 2.42. The highest BCUT2D eigenvalue weighted by atomic mass is 16.4. The van der Waals surface area contributed by atoms with Gasteiger partial charge < -0.3 is 5.11 Å². The minimum Gasteiger partial charge on any atom is -0.481 e. The predicted octanol–water partition coefficient (Wildman–Crippen LogP) is 6.11. The lowest BCUT2D eigenvalue weighted by Crippen LogP contribution is -1.93. The van der Waals surface area contributed by atoms with E-state index in [1.807, 2.05) is 0 Å². The Morgan fingerprint density at radius 2 is 1.15 bits per heavy atom. The molecule has 0 aliphatic rings. The summed E-state index contributed by atoms with van der Waals surface area (Å²) >= 11 is 0. The second kappa shape index (κ2) is 14.6. The minimum atomic E-state index is -0.662. The molecule has 0 aliphatic heterocycles. The van der Waals surface area contributed by atoms with E-state index < -0.39 is 5.97 Å². The highest BCUT2D eigenvalue weighted by Crippen LogP contribution is 2.15. The Morgan fingerprint density at radius 1 is 0.750 bits per heavy atom.